The van der Waals surface area contributed by atoms with Gasteiger partial charge in [0.05, 0.1) is 58.9 Å². The van der Waals surface area contributed by atoms with Crippen LogP contribution in [0.4, 0.5) is 0 Å². The van der Waals surface area contributed by atoms with E-state index in [4.69, 9.17) is 0 Å². The van der Waals surface area contributed by atoms with Crippen LogP contribution in [0.25, 0.3) is 0 Å². The second-order valence-electron chi connectivity index (χ2n) is 15.3. The summed E-state index contributed by atoms with van der Waals surface area (Å²) in [6.45, 7) is 2.65. The van der Waals surface area contributed by atoms with E-state index in [-0.39, 0.29) is 129 Å². The van der Waals surface area contributed by atoms with Crippen molar-refractivity contribution in [2.24, 2.45) is 5.92 Å². The third-order valence-electron chi connectivity index (χ3n) is 9.69. The molecule has 0 atom stereocenters. The van der Waals surface area contributed by atoms with Gasteiger partial charge in [-0.15, -0.1) is 0 Å². The van der Waals surface area contributed by atoms with Crippen LogP contribution in [0.1, 0.15) is 20.3 Å². The van der Waals surface area contributed by atoms with Crippen molar-refractivity contribution in [2.45, 2.75) is 20.3 Å². The minimum atomic E-state index is -1.07. The van der Waals surface area contributed by atoms with Gasteiger partial charge in [-0.1, -0.05) is 13.8 Å². The molecule has 0 spiro atoms. The fourth-order valence-corrected chi connectivity index (χ4v) is 5.70. The molecule has 60 heavy (non-hydrogen) atoms. The molecule has 1 rings (SSSR count). The van der Waals surface area contributed by atoms with Crippen LogP contribution in [0, 0.1) is 5.92 Å². The van der Waals surface area contributed by atoms with Crippen molar-refractivity contribution in [1.82, 2.24) is 49.4 Å². The van der Waals surface area contributed by atoms with Gasteiger partial charge >= 0.3 is 17.9 Å². The maximum absolute atomic E-state index is 13.0. The van der Waals surface area contributed by atoms with E-state index in [0.717, 1.165) is 19.6 Å². The maximum Gasteiger partial charge on any atom is 0.317 e. The van der Waals surface area contributed by atoms with E-state index in [1.165, 1.54) is 40.1 Å². The number of ketones is 1. The molecule has 0 aromatic heterocycles. The molecule has 1 aliphatic rings. The van der Waals surface area contributed by atoms with E-state index in [9.17, 15) is 63.3 Å². The van der Waals surface area contributed by atoms with Crippen LogP contribution in [0.5, 0.6) is 0 Å². The molecule has 0 aromatic rings. The van der Waals surface area contributed by atoms with Crippen LogP contribution in [0.3, 0.4) is 0 Å². The minimum Gasteiger partial charge on any atom is -0.480 e. The molecule has 0 radical (unpaired) electrons. The van der Waals surface area contributed by atoms with Crippen LogP contribution in [-0.2, 0) is 47.9 Å². The van der Waals surface area contributed by atoms with Crippen molar-refractivity contribution in [2.75, 3.05) is 153 Å². The summed E-state index contributed by atoms with van der Waals surface area (Å²) in [5.74, 6) is -6.63. The monoisotopic (exact) mass is 856 g/mol. The Morgan fingerprint density at radius 2 is 0.717 bits per heavy atom. The number of nitrogens with zero attached hydrogens (tertiary/aromatic N) is 9. The number of Topliss-reactive ketones (excluding diaryl/α,β-unsaturated/α-hetero) is 1. The Morgan fingerprint density at radius 1 is 0.450 bits per heavy atom. The summed E-state index contributed by atoms with van der Waals surface area (Å²) in [6, 6.07) is 0. The van der Waals surface area contributed by atoms with Gasteiger partial charge in [-0.25, -0.2) is 0 Å². The third-order valence-corrected chi connectivity index (χ3v) is 9.69. The van der Waals surface area contributed by atoms with Crippen LogP contribution >= 0.6 is 0 Å². The fourth-order valence-electron chi connectivity index (χ4n) is 5.70. The Balaban J connectivity index is 2.67. The molecule has 0 bridgehead atoms. The molecule has 340 valence electrons. The van der Waals surface area contributed by atoms with Crippen molar-refractivity contribution in [3.63, 3.8) is 0 Å². The lowest BCUT2D eigenvalue weighted by Crippen LogP contribution is -2.50. The molecule has 1 aliphatic heterocycles. The zero-order chi connectivity index (χ0) is 45.7. The van der Waals surface area contributed by atoms with Crippen molar-refractivity contribution < 1.29 is 63.3 Å². The average molecular weight is 857 g/mol. The number of hydrogen-bond donors (Lipinski definition) is 4. The average Bonchev–Trinajstić information content (AvgIpc) is 3.14. The molecule has 4 N–H and O–H groups in total. The highest BCUT2D eigenvalue weighted by atomic mass is 16.4. The number of carboxylic acids is 3. The van der Waals surface area contributed by atoms with E-state index >= 15 is 0 Å². The smallest absolute Gasteiger partial charge is 0.317 e. The van der Waals surface area contributed by atoms with E-state index in [1.54, 1.807) is 33.4 Å². The van der Waals surface area contributed by atoms with Gasteiger partial charge in [-0.2, -0.15) is 0 Å². The standard InChI is InChI=1S/C37H64N10O13/c1-27(2)28(48)18-39(3)31(51)21-41(5)33(53)23-43(7)34(54)22-42(6)32(52)20-40(4)30(50)8-9-38-29(49)19-44-10-12-45(24-35(55)56)14-16-47(26-37(59)60)17-15-46(13-11-44)25-36(57)58/h27H,8-26H2,1-7H3,(H,38,49)(H,55,56)(H,57,58)(H,59,60). The summed E-state index contributed by atoms with van der Waals surface area (Å²) in [6.07, 6.45) is -0.158. The lowest BCUT2D eigenvalue weighted by molar-refractivity contribution is -0.145. The van der Waals surface area contributed by atoms with Crippen molar-refractivity contribution >= 4 is 59.1 Å². The first-order chi connectivity index (χ1) is 28.0. The van der Waals surface area contributed by atoms with Crippen LogP contribution in [0.15, 0.2) is 0 Å². The summed E-state index contributed by atoms with van der Waals surface area (Å²) in [7, 11) is 6.97. The summed E-state index contributed by atoms with van der Waals surface area (Å²) in [5, 5.41) is 30.8. The Kier molecular flexibility index (Phi) is 23.5. The van der Waals surface area contributed by atoms with Gasteiger partial charge in [0.2, 0.25) is 35.4 Å². The van der Waals surface area contributed by atoms with Gasteiger partial charge in [0, 0.05) is 106 Å². The lowest BCUT2D eigenvalue weighted by atomic mass is 10.1. The third kappa shape index (κ3) is 21.7. The predicted molar refractivity (Wildman–Crippen MR) is 214 cm³/mol. The molecule has 6 amide bonds. The summed E-state index contributed by atoms with van der Waals surface area (Å²) < 4.78 is 0. The van der Waals surface area contributed by atoms with E-state index in [1.807, 2.05) is 0 Å². The highest BCUT2D eigenvalue weighted by Crippen LogP contribution is 2.03. The maximum atomic E-state index is 13.0. The van der Waals surface area contributed by atoms with Crippen LogP contribution in [-0.4, -0.2) is 272 Å². The highest BCUT2D eigenvalue weighted by Gasteiger charge is 2.25. The van der Waals surface area contributed by atoms with Crippen LogP contribution in [0.2, 0.25) is 0 Å². The van der Waals surface area contributed by atoms with Gasteiger partial charge in [0.1, 0.15) is 0 Å². The molecule has 1 heterocycles. The number of likely N-dealkylation sites (N-methyl/N-ethyl adjacent to an activating group) is 5. The minimum absolute atomic E-state index is 0.0702. The SMILES string of the molecule is CC(C)C(=O)CN(C)C(=O)CN(C)C(=O)CN(C)C(=O)CN(C)C(=O)CN(C)C(=O)CCNC(=O)CN1CCN(CC(=O)O)CCN(CC(=O)O)CCN(CC(=O)O)CC1. The van der Waals surface area contributed by atoms with Gasteiger partial charge in [0.25, 0.3) is 0 Å². The molecule has 23 nitrogen and oxygen atoms in total. The van der Waals surface area contributed by atoms with Crippen LogP contribution < -0.4 is 5.32 Å². The molecular formula is C37H64N10O13. The Hall–Kier alpha value is -5.26. The molecular weight excluding hydrogens is 792 g/mol. The predicted octanol–water partition coefficient (Wildman–Crippen LogP) is -4.51. The largest absolute Gasteiger partial charge is 0.480 e. The summed E-state index contributed by atoms with van der Waals surface area (Å²) in [5.41, 5.74) is 0. The zero-order valence-corrected chi connectivity index (χ0v) is 36.0. The van der Waals surface area contributed by atoms with Crippen molar-refractivity contribution in [1.29, 1.82) is 0 Å². The van der Waals surface area contributed by atoms with Crippen molar-refractivity contribution in [3.05, 3.63) is 0 Å². The van der Waals surface area contributed by atoms with Gasteiger partial charge in [-0.3, -0.25) is 67.5 Å². The Morgan fingerprint density at radius 3 is 1.00 bits per heavy atom. The summed E-state index contributed by atoms with van der Waals surface area (Å²) >= 11 is 0. The first-order valence-corrected chi connectivity index (χ1v) is 19.5. The first-order valence-electron chi connectivity index (χ1n) is 19.5. The van der Waals surface area contributed by atoms with E-state index in [2.05, 4.69) is 5.32 Å². The number of amides is 6. The number of aliphatic carboxylic acids is 3. The number of hydrogen-bond acceptors (Lipinski definition) is 14. The Bertz CT molecular complexity index is 1500. The molecule has 23 heteroatoms. The second kappa shape index (κ2) is 26.8. The van der Waals surface area contributed by atoms with E-state index in [0.29, 0.717) is 0 Å². The first kappa shape index (κ1) is 52.8. The fraction of sp³-hybridized carbons (Fsp3) is 0.730. The number of rotatable bonds is 22. The molecule has 0 unspecified atom stereocenters. The van der Waals surface area contributed by atoms with E-state index < -0.39 is 59.9 Å². The number of carbonyl (C=O) groups excluding carboxylic acids is 7. The quantitative estimate of drug-likeness (QED) is 0.0799. The number of nitrogens with one attached hydrogen (secondary N) is 1. The molecule has 1 fully saturated rings. The zero-order valence-electron chi connectivity index (χ0n) is 36.0. The number of carboxylic acid groups (broad SMARTS) is 3. The van der Waals surface area contributed by atoms with Gasteiger partial charge < -0.3 is 45.1 Å². The molecule has 0 saturated carbocycles. The van der Waals surface area contributed by atoms with Gasteiger partial charge in [-0.05, 0) is 0 Å². The molecule has 1 saturated heterocycles. The normalized spacial score (nSPS) is 14.9. The summed E-state index contributed by atoms with van der Waals surface area (Å²) in [4.78, 5) is 135. The highest BCUT2D eigenvalue weighted by molar-refractivity contribution is 5.92. The van der Waals surface area contributed by atoms with Gasteiger partial charge in [0.15, 0.2) is 5.78 Å². The molecule has 0 aliphatic carbocycles. The van der Waals surface area contributed by atoms with Crippen molar-refractivity contribution in [3.8, 4) is 0 Å². The Labute approximate surface area is 350 Å². The number of carbonyl (C=O) groups is 10. The topological polar surface area (TPSA) is 273 Å². The second-order valence-corrected chi connectivity index (χ2v) is 15.3. The molecule has 0 aromatic carbocycles. The lowest BCUT2D eigenvalue weighted by Gasteiger charge is -2.32.